The molecule has 0 spiro atoms. The van der Waals surface area contributed by atoms with E-state index >= 15 is 0 Å². The molecule has 0 bridgehead atoms. The van der Waals surface area contributed by atoms with E-state index in [0.717, 1.165) is 0 Å². The van der Waals surface area contributed by atoms with Gasteiger partial charge >= 0.3 is 0 Å². The van der Waals surface area contributed by atoms with Gasteiger partial charge < -0.3 is 20.1 Å². The van der Waals surface area contributed by atoms with Crippen LogP contribution in [0.15, 0.2) is 72.8 Å². The van der Waals surface area contributed by atoms with Gasteiger partial charge in [0.1, 0.15) is 18.5 Å². The van der Waals surface area contributed by atoms with Gasteiger partial charge in [-0.3, -0.25) is 9.59 Å². The lowest BCUT2D eigenvalue weighted by molar-refractivity contribution is -0.116. The molecule has 0 saturated carbocycles. The average Bonchev–Trinajstić information content (AvgIpc) is 2.79. The number of hydrogen-bond donors (Lipinski definition) is 2. The number of nitrogens with one attached hydrogen (secondary N) is 2. The summed E-state index contributed by atoms with van der Waals surface area (Å²) in [7, 11) is 0. The molecule has 7 heteroatoms. The molecule has 3 aromatic carbocycles. The molecule has 0 radical (unpaired) electrons. The van der Waals surface area contributed by atoms with Gasteiger partial charge in [-0.15, -0.1) is 0 Å². The molecular weight excluding hydrogens is 399 g/mol. The molecule has 158 valence electrons. The molecule has 6 nitrogen and oxygen atoms in total. The Bertz CT molecular complexity index is 1080. The third-order valence-electron chi connectivity index (χ3n) is 4.81. The number of ether oxygens (including phenoxy) is 2. The zero-order valence-electron chi connectivity index (χ0n) is 16.6. The number of benzene rings is 3. The molecule has 2 amide bonds. The summed E-state index contributed by atoms with van der Waals surface area (Å²) in [4.78, 5) is 24.4. The van der Waals surface area contributed by atoms with Crippen molar-refractivity contribution in [1.82, 2.24) is 0 Å². The minimum atomic E-state index is -0.584. The minimum Gasteiger partial charge on any atom is -0.486 e. The molecule has 0 unspecified atom stereocenters. The van der Waals surface area contributed by atoms with E-state index in [4.69, 9.17) is 9.47 Å². The van der Waals surface area contributed by atoms with Crippen LogP contribution in [0, 0.1) is 5.82 Å². The SMILES string of the molecule is O=C(CC[C@@H]1COc2ccccc2O1)Nc1ccc(NC(=O)c2ccccc2F)cc1. The van der Waals surface area contributed by atoms with Crippen LogP contribution in [0.1, 0.15) is 23.2 Å². The summed E-state index contributed by atoms with van der Waals surface area (Å²) in [5.41, 5.74) is 1.06. The molecule has 3 aromatic rings. The molecule has 1 heterocycles. The van der Waals surface area contributed by atoms with E-state index < -0.39 is 11.7 Å². The first kappa shape index (κ1) is 20.4. The van der Waals surface area contributed by atoms with Gasteiger partial charge in [0.2, 0.25) is 5.91 Å². The van der Waals surface area contributed by atoms with E-state index in [9.17, 15) is 14.0 Å². The minimum absolute atomic E-state index is 0.0311. The molecule has 1 aliphatic heterocycles. The molecule has 2 N–H and O–H groups in total. The van der Waals surface area contributed by atoms with E-state index in [0.29, 0.717) is 35.9 Å². The first-order valence-electron chi connectivity index (χ1n) is 9.93. The molecule has 1 atom stereocenters. The van der Waals surface area contributed by atoms with Gasteiger partial charge in [0.25, 0.3) is 5.91 Å². The molecule has 0 aliphatic carbocycles. The lowest BCUT2D eigenvalue weighted by Crippen LogP contribution is -2.30. The summed E-state index contributed by atoms with van der Waals surface area (Å²) < 4.78 is 25.2. The van der Waals surface area contributed by atoms with Crippen molar-refractivity contribution < 1.29 is 23.5 Å². The smallest absolute Gasteiger partial charge is 0.258 e. The summed E-state index contributed by atoms with van der Waals surface area (Å²) >= 11 is 0. The largest absolute Gasteiger partial charge is 0.486 e. The summed E-state index contributed by atoms with van der Waals surface area (Å²) in [5, 5.41) is 5.45. The maximum Gasteiger partial charge on any atom is 0.258 e. The predicted octanol–water partition coefficient (Wildman–Crippen LogP) is 4.64. The van der Waals surface area contributed by atoms with Crippen molar-refractivity contribution in [3.8, 4) is 11.5 Å². The Kier molecular flexibility index (Phi) is 6.12. The quantitative estimate of drug-likeness (QED) is 0.609. The van der Waals surface area contributed by atoms with Gasteiger partial charge in [0, 0.05) is 17.8 Å². The van der Waals surface area contributed by atoms with Crippen LogP contribution in [0.3, 0.4) is 0 Å². The van der Waals surface area contributed by atoms with E-state index in [1.165, 1.54) is 18.2 Å². The molecule has 4 rings (SSSR count). The highest BCUT2D eigenvalue weighted by molar-refractivity contribution is 6.04. The van der Waals surface area contributed by atoms with Crippen molar-refractivity contribution in [2.75, 3.05) is 17.2 Å². The fourth-order valence-corrected chi connectivity index (χ4v) is 3.20. The van der Waals surface area contributed by atoms with Crippen LogP contribution in [-0.4, -0.2) is 24.5 Å². The second-order valence-corrected chi connectivity index (χ2v) is 7.10. The highest BCUT2D eigenvalue weighted by Crippen LogP contribution is 2.31. The Morgan fingerprint density at radius 2 is 1.52 bits per heavy atom. The lowest BCUT2D eigenvalue weighted by atomic mass is 10.1. The number of rotatable bonds is 6. The molecule has 1 aliphatic rings. The molecule has 0 aromatic heterocycles. The monoisotopic (exact) mass is 420 g/mol. The highest BCUT2D eigenvalue weighted by Gasteiger charge is 2.21. The second kappa shape index (κ2) is 9.30. The van der Waals surface area contributed by atoms with Crippen molar-refractivity contribution >= 4 is 23.2 Å². The van der Waals surface area contributed by atoms with E-state index in [-0.39, 0.29) is 24.0 Å². The topological polar surface area (TPSA) is 76.7 Å². The van der Waals surface area contributed by atoms with Crippen LogP contribution in [-0.2, 0) is 4.79 Å². The first-order valence-corrected chi connectivity index (χ1v) is 9.93. The van der Waals surface area contributed by atoms with E-state index in [2.05, 4.69) is 10.6 Å². The normalized spacial score (nSPS) is 14.5. The Morgan fingerprint density at radius 3 is 2.26 bits per heavy atom. The molecule has 0 fully saturated rings. The summed E-state index contributed by atoms with van der Waals surface area (Å²) in [6, 6.07) is 19.8. The van der Waals surface area contributed by atoms with Crippen LogP contribution in [0.25, 0.3) is 0 Å². The Morgan fingerprint density at radius 1 is 0.871 bits per heavy atom. The number of fused-ring (bicyclic) bond motifs is 1. The standard InChI is InChI=1S/C24H21FN2O4/c25-20-6-2-1-5-19(20)24(29)27-17-11-9-16(10-12-17)26-23(28)14-13-18-15-30-21-7-3-4-8-22(21)31-18/h1-12,18H,13-15H2,(H,26,28)(H,27,29)/t18-/m1/s1. The third kappa shape index (κ3) is 5.19. The van der Waals surface area contributed by atoms with Crippen LogP contribution in [0.4, 0.5) is 15.8 Å². The van der Waals surface area contributed by atoms with E-state index in [1.54, 1.807) is 30.3 Å². The number of amides is 2. The maximum absolute atomic E-state index is 13.7. The van der Waals surface area contributed by atoms with Crippen molar-refractivity contribution in [2.45, 2.75) is 18.9 Å². The molecule has 0 saturated heterocycles. The number of para-hydroxylation sites is 2. The number of anilines is 2. The number of carbonyl (C=O) groups is 2. The fraction of sp³-hybridized carbons (Fsp3) is 0.167. The van der Waals surface area contributed by atoms with Crippen molar-refractivity contribution in [3.05, 3.63) is 84.2 Å². The third-order valence-corrected chi connectivity index (χ3v) is 4.81. The molecule has 31 heavy (non-hydrogen) atoms. The van der Waals surface area contributed by atoms with Gasteiger partial charge in [0.05, 0.1) is 5.56 Å². The zero-order valence-corrected chi connectivity index (χ0v) is 16.6. The van der Waals surface area contributed by atoms with Crippen molar-refractivity contribution in [3.63, 3.8) is 0 Å². The molecular formula is C24H21FN2O4. The van der Waals surface area contributed by atoms with Gasteiger partial charge in [-0.05, 0) is 55.0 Å². The van der Waals surface area contributed by atoms with Crippen molar-refractivity contribution in [1.29, 1.82) is 0 Å². The summed E-state index contributed by atoms with van der Waals surface area (Å²) in [6.45, 7) is 0.403. The van der Waals surface area contributed by atoms with Gasteiger partial charge in [-0.25, -0.2) is 4.39 Å². The van der Waals surface area contributed by atoms with E-state index in [1.807, 2.05) is 24.3 Å². The maximum atomic E-state index is 13.7. The fourth-order valence-electron chi connectivity index (χ4n) is 3.20. The summed E-state index contributed by atoms with van der Waals surface area (Å²) in [6.07, 6.45) is 0.621. The summed E-state index contributed by atoms with van der Waals surface area (Å²) in [5.74, 6) is 0.133. The Labute approximate surface area is 179 Å². The first-order chi connectivity index (χ1) is 15.1. The van der Waals surface area contributed by atoms with Gasteiger partial charge in [0.15, 0.2) is 11.5 Å². The van der Waals surface area contributed by atoms with Crippen LogP contribution < -0.4 is 20.1 Å². The van der Waals surface area contributed by atoms with Crippen molar-refractivity contribution in [2.24, 2.45) is 0 Å². The van der Waals surface area contributed by atoms with Crippen LogP contribution in [0.2, 0.25) is 0 Å². The van der Waals surface area contributed by atoms with Gasteiger partial charge in [-0.1, -0.05) is 24.3 Å². The average molecular weight is 420 g/mol. The number of carbonyl (C=O) groups excluding carboxylic acids is 2. The highest BCUT2D eigenvalue weighted by atomic mass is 19.1. The predicted molar refractivity (Wildman–Crippen MR) is 115 cm³/mol. The Balaban J connectivity index is 1.26. The van der Waals surface area contributed by atoms with Gasteiger partial charge in [-0.2, -0.15) is 0 Å². The lowest BCUT2D eigenvalue weighted by Gasteiger charge is -2.26. The van der Waals surface area contributed by atoms with Crippen LogP contribution >= 0.6 is 0 Å². The Hall–Kier alpha value is -3.87. The number of hydrogen-bond acceptors (Lipinski definition) is 4. The number of halogens is 1. The second-order valence-electron chi connectivity index (χ2n) is 7.10. The van der Waals surface area contributed by atoms with Crippen LogP contribution in [0.5, 0.6) is 11.5 Å². The zero-order chi connectivity index (χ0) is 21.6.